The summed E-state index contributed by atoms with van der Waals surface area (Å²) in [7, 11) is 0. The molecule has 126 valence electrons. The smallest absolute Gasteiger partial charge is 0.173 e. The molecule has 2 heterocycles. The Hall–Kier alpha value is -1.17. The molecule has 0 radical (unpaired) electrons. The molecule has 1 aromatic rings. The first-order valence-electron chi connectivity index (χ1n) is 8.82. The van der Waals surface area contributed by atoms with Crippen LogP contribution in [0.25, 0.3) is 0 Å². The Labute approximate surface area is 144 Å². The van der Waals surface area contributed by atoms with Gasteiger partial charge in [0.2, 0.25) is 0 Å². The van der Waals surface area contributed by atoms with Gasteiger partial charge in [0.05, 0.1) is 19.8 Å². The summed E-state index contributed by atoms with van der Waals surface area (Å²) in [6.45, 7) is 8.51. The maximum atomic E-state index is 5.69. The van der Waals surface area contributed by atoms with E-state index in [1.165, 1.54) is 17.8 Å². The molecule has 5 heteroatoms. The molecule has 1 saturated heterocycles. The highest BCUT2D eigenvalue weighted by Gasteiger charge is 2.25. The van der Waals surface area contributed by atoms with Gasteiger partial charge < -0.3 is 19.9 Å². The van der Waals surface area contributed by atoms with E-state index in [4.69, 9.17) is 17.0 Å². The molecule has 2 N–H and O–H groups in total. The number of ether oxygens (including phenoxy) is 1. The van der Waals surface area contributed by atoms with E-state index in [-0.39, 0.29) is 0 Å². The molecule has 0 unspecified atom stereocenters. The van der Waals surface area contributed by atoms with E-state index in [0.717, 1.165) is 57.2 Å². The second-order valence-corrected chi connectivity index (χ2v) is 6.97. The Bertz CT molecular complexity index is 531. The third-order valence-corrected chi connectivity index (χ3v) is 5.27. The minimum Gasteiger partial charge on any atom is -0.370 e. The number of benzene rings is 1. The van der Waals surface area contributed by atoms with Crippen molar-refractivity contribution < 1.29 is 9.64 Å². The van der Waals surface area contributed by atoms with E-state index in [1.54, 1.807) is 4.90 Å². The van der Waals surface area contributed by atoms with Gasteiger partial charge >= 0.3 is 0 Å². The third-order valence-electron chi connectivity index (χ3n) is 4.93. The zero-order valence-electron chi connectivity index (χ0n) is 14.0. The second kappa shape index (κ2) is 8.08. The van der Waals surface area contributed by atoms with Crippen molar-refractivity contribution in [3.05, 3.63) is 29.8 Å². The van der Waals surface area contributed by atoms with Crippen molar-refractivity contribution in [2.24, 2.45) is 0 Å². The summed E-state index contributed by atoms with van der Waals surface area (Å²) < 4.78 is 5.40. The van der Waals surface area contributed by atoms with Crippen molar-refractivity contribution in [3.8, 4) is 0 Å². The maximum absolute atomic E-state index is 5.69. The molecule has 2 aliphatic heterocycles. The summed E-state index contributed by atoms with van der Waals surface area (Å²) in [5.41, 5.74) is 2.69. The molecular weight excluding hydrogens is 306 g/mol. The van der Waals surface area contributed by atoms with Crippen LogP contribution in [-0.4, -0.2) is 50.5 Å². The number of anilines is 1. The van der Waals surface area contributed by atoms with Crippen LogP contribution in [0.15, 0.2) is 24.3 Å². The van der Waals surface area contributed by atoms with Gasteiger partial charge in [-0.15, -0.1) is 0 Å². The lowest BCUT2D eigenvalue weighted by Gasteiger charge is -2.37. The van der Waals surface area contributed by atoms with Crippen LogP contribution in [0.4, 0.5) is 5.69 Å². The van der Waals surface area contributed by atoms with Crippen molar-refractivity contribution in [2.75, 3.05) is 44.3 Å². The van der Waals surface area contributed by atoms with Crippen LogP contribution in [0, 0.1) is 0 Å². The normalized spacial score (nSPS) is 21.8. The van der Waals surface area contributed by atoms with Gasteiger partial charge in [0.1, 0.15) is 13.1 Å². The molecule has 2 aliphatic rings. The average Bonchev–Trinajstić information content (AvgIpc) is 2.59. The molecule has 3 rings (SSSR count). The minimum absolute atomic E-state index is 0.467. The summed E-state index contributed by atoms with van der Waals surface area (Å²) in [4.78, 5) is 3.95. The number of nitrogens with one attached hydrogen (secondary N) is 2. The topological polar surface area (TPSA) is 28.9 Å². The Balaban J connectivity index is 1.49. The fourth-order valence-electron chi connectivity index (χ4n) is 3.53. The van der Waals surface area contributed by atoms with Gasteiger partial charge in [-0.25, -0.2) is 0 Å². The van der Waals surface area contributed by atoms with Crippen LogP contribution in [0.5, 0.6) is 0 Å². The van der Waals surface area contributed by atoms with E-state index in [2.05, 4.69) is 41.4 Å². The summed E-state index contributed by atoms with van der Waals surface area (Å²) in [6.07, 6.45) is 3.47. The van der Waals surface area contributed by atoms with E-state index in [9.17, 15) is 0 Å². The number of para-hydroxylation sites is 1. The molecule has 1 aromatic carbocycles. The molecule has 4 nitrogen and oxygen atoms in total. The van der Waals surface area contributed by atoms with Crippen LogP contribution in [0.3, 0.4) is 0 Å². The van der Waals surface area contributed by atoms with Gasteiger partial charge in [-0.2, -0.15) is 0 Å². The monoisotopic (exact) mass is 334 g/mol. The zero-order valence-corrected chi connectivity index (χ0v) is 14.8. The molecule has 1 fully saturated rings. The van der Waals surface area contributed by atoms with E-state index in [0.29, 0.717) is 6.04 Å². The number of nitrogens with zero attached hydrogens (tertiary/aromatic N) is 1. The Morgan fingerprint density at radius 3 is 2.96 bits per heavy atom. The summed E-state index contributed by atoms with van der Waals surface area (Å²) in [6, 6.07) is 9.10. The minimum atomic E-state index is 0.467. The highest BCUT2D eigenvalue weighted by Crippen LogP contribution is 2.30. The largest absolute Gasteiger partial charge is 0.370 e. The predicted molar refractivity (Wildman–Crippen MR) is 98.3 cm³/mol. The first-order chi connectivity index (χ1) is 11.3. The number of fused-ring (bicyclic) bond motifs is 1. The summed E-state index contributed by atoms with van der Waals surface area (Å²) in [5.74, 6) is 0. The average molecular weight is 335 g/mol. The van der Waals surface area contributed by atoms with Crippen molar-refractivity contribution in [1.29, 1.82) is 0 Å². The first kappa shape index (κ1) is 16.7. The van der Waals surface area contributed by atoms with E-state index in [1.807, 2.05) is 0 Å². The zero-order chi connectivity index (χ0) is 16.1. The third kappa shape index (κ3) is 4.22. The number of rotatable bonds is 4. The van der Waals surface area contributed by atoms with Crippen LogP contribution in [0.1, 0.15) is 25.3 Å². The summed E-state index contributed by atoms with van der Waals surface area (Å²) >= 11 is 5.69. The molecule has 0 aromatic heterocycles. The number of morpholine rings is 1. The lowest BCUT2D eigenvalue weighted by atomic mass is 9.97. The van der Waals surface area contributed by atoms with Gasteiger partial charge in [0.15, 0.2) is 5.11 Å². The van der Waals surface area contributed by atoms with Crippen LogP contribution >= 0.6 is 12.2 Å². The number of aryl methyl sites for hydroxylation is 1. The molecule has 0 spiro atoms. The Morgan fingerprint density at radius 1 is 1.35 bits per heavy atom. The maximum Gasteiger partial charge on any atom is 0.173 e. The van der Waals surface area contributed by atoms with Gasteiger partial charge in [0, 0.05) is 24.7 Å². The SMILES string of the molecule is C[C@H]1CCc2ccccc2N1C(=S)NCCC[NH+]1CCOCC1. The molecule has 0 saturated carbocycles. The van der Waals surface area contributed by atoms with E-state index < -0.39 is 0 Å². The van der Waals surface area contributed by atoms with Crippen molar-refractivity contribution in [3.63, 3.8) is 0 Å². The Kier molecular flexibility index (Phi) is 5.86. The van der Waals surface area contributed by atoms with Crippen LogP contribution in [-0.2, 0) is 11.2 Å². The Morgan fingerprint density at radius 2 is 2.13 bits per heavy atom. The van der Waals surface area contributed by atoms with Crippen LogP contribution < -0.4 is 15.1 Å². The summed E-state index contributed by atoms with van der Waals surface area (Å²) in [5, 5.41) is 4.35. The van der Waals surface area contributed by atoms with E-state index >= 15 is 0 Å². The van der Waals surface area contributed by atoms with Crippen molar-refractivity contribution in [2.45, 2.75) is 32.2 Å². The molecule has 0 aliphatic carbocycles. The number of hydrogen-bond donors (Lipinski definition) is 2. The fraction of sp³-hybridized carbons (Fsp3) is 0.611. The molecular formula is C18H28N3OS+. The number of thiocarbonyl (C=S) groups is 1. The molecule has 1 atom stereocenters. The van der Waals surface area contributed by atoms with Gasteiger partial charge in [-0.1, -0.05) is 18.2 Å². The first-order valence-corrected chi connectivity index (χ1v) is 9.23. The lowest BCUT2D eigenvalue weighted by molar-refractivity contribution is -0.908. The van der Waals surface area contributed by atoms with Gasteiger partial charge in [0.25, 0.3) is 0 Å². The second-order valence-electron chi connectivity index (χ2n) is 6.58. The standard InChI is InChI=1S/C18H27N3OS/c1-15-7-8-16-5-2-3-6-17(16)21(15)18(23)19-9-4-10-20-11-13-22-14-12-20/h2-3,5-6,15H,4,7-14H2,1H3,(H,19,23)/p+1/t15-/m0/s1. The molecule has 23 heavy (non-hydrogen) atoms. The molecule has 0 bridgehead atoms. The number of quaternary nitrogens is 1. The quantitative estimate of drug-likeness (QED) is 0.635. The van der Waals surface area contributed by atoms with Gasteiger partial charge in [-0.05, 0) is 43.6 Å². The van der Waals surface area contributed by atoms with Crippen molar-refractivity contribution >= 4 is 23.0 Å². The molecule has 0 amide bonds. The highest BCUT2D eigenvalue weighted by atomic mass is 32.1. The predicted octanol–water partition coefficient (Wildman–Crippen LogP) is 1.01. The van der Waals surface area contributed by atoms with Gasteiger partial charge in [-0.3, -0.25) is 0 Å². The lowest BCUT2D eigenvalue weighted by Crippen LogP contribution is -3.14. The number of hydrogen-bond acceptors (Lipinski definition) is 2. The van der Waals surface area contributed by atoms with Crippen molar-refractivity contribution in [1.82, 2.24) is 5.32 Å². The highest BCUT2D eigenvalue weighted by molar-refractivity contribution is 7.80. The van der Waals surface area contributed by atoms with Crippen LogP contribution in [0.2, 0.25) is 0 Å². The fourth-order valence-corrected chi connectivity index (χ4v) is 3.91.